The number of aromatic nitrogens is 2. The van der Waals surface area contributed by atoms with E-state index >= 15 is 0 Å². The quantitative estimate of drug-likeness (QED) is 0.503. The highest BCUT2D eigenvalue weighted by molar-refractivity contribution is 5.80. The van der Waals surface area contributed by atoms with Crippen molar-refractivity contribution in [2.24, 2.45) is 0 Å². The fourth-order valence-electron chi connectivity index (χ4n) is 4.86. The molecule has 7 heteroatoms. The van der Waals surface area contributed by atoms with Gasteiger partial charge in [0.25, 0.3) is 5.56 Å². The van der Waals surface area contributed by atoms with Gasteiger partial charge in [-0.05, 0) is 72.2 Å². The summed E-state index contributed by atoms with van der Waals surface area (Å²) in [7, 11) is 0. The molecule has 2 aliphatic rings. The summed E-state index contributed by atoms with van der Waals surface area (Å²) in [6.45, 7) is 1.78. The molecule has 6 nitrogen and oxygen atoms in total. The van der Waals surface area contributed by atoms with Crippen molar-refractivity contribution in [3.8, 4) is 17.2 Å². The van der Waals surface area contributed by atoms with E-state index in [0.717, 1.165) is 41.8 Å². The zero-order valence-electron chi connectivity index (χ0n) is 18.6. The van der Waals surface area contributed by atoms with Crippen molar-refractivity contribution in [1.29, 1.82) is 0 Å². The van der Waals surface area contributed by atoms with Crippen molar-refractivity contribution in [3.05, 3.63) is 93.8 Å². The van der Waals surface area contributed by atoms with Gasteiger partial charge in [-0.3, -0.25) is 14.3 Å². The van der Waals surface area contributed by atoms with Crippen LogP contribution < -0.4 is 20.3 Å². The Morgan fingerprint density at radius 3 is 2.76 bits per heavy atom. The number of halogens is 1. The fraction of sp³-hybridized carbons (Fsp3) is 0.259. The number of fused-ring (bicyclic) bond motifs is 3. The van der Waals surface area contributed by atoms with E-state index in [4.69, 9.17) is 9.47 Å². The molecule has 1 atom stereocenters. The molecule has 4 aromatic rings. The molecule has 1 aliphatic carbocycles. The molecule has 1 N–H and O–H groups in total. The fourth-order valence-corrected chi connectivity index (χ4v) is 4.86. The molecule has 6 rings (SSSR count). The average Bonchev–Trinajstić information content (AvgIpc) is 2.87. The Hall–Kier alpha value is -3.71. The number of aryl methyl sites for hydroxylation is 1. The van der Waals surface area contributed by atoms with E-state index in [1.807, 2.05) is 12.1 Å². The number of benzene rings is 2. The van der Waals surface area contributed by atoms with Crippen LogP contribution in [0.3, 0.4) is 0 Å². The topological polar surface area (TPSA) is 65.4 Å². The largest absolute Gasteiger partial charge is 0.486 e. The molecule has 0 bridgehead atoms. The van der Waals surface area contributed by atoms with Crippen LogP contribution in [0.1, 0.15) is 23.2 Å². The first kappa shape index (κ1) is 20.9. The summed E-state index contributed by atoms with van der Waals surface area (Å²) >= 11 is 0. The van der Waals surface area contributed by atoms with Gasteiger partial charge in [0.2, 0.25) is 0 Å². The van der Waals surface area contributed by atoms with Gasteiger partial charge in [-0.1, -0.05) is 6.07 Å². The Kier molecular flexibility index (Phi) is 5.26. The lowest BCUT2D eigenvalue weighted by atomic mass is 9.88. The first-order valence-electron chi connectivity index (χ1n) is 11.6. The van der Waals surface area contributed by atoms with E-state index in [1.165, 1.54) is 29.3 Å². The number of rotatable bonds is 4. The number of nitrogens with zero attached hydrogens (tertiary/aromatic N) is 2. The maximum atomic E-state index is 13.9. The van der Waals surface area contributed by atoms with Crippen LogP contribution in [0.4, 0.5) is 4.39 Å². The first-order valence-corrected chi connectivity index (χ1v) is 11.6. The number of hydrogen-bond donors (Lipinski definition) is 1. The zero-order chi connectivity index (χ0) is 23.1. The maximum absolute atomic E-state index is 13.9. The van der Waals surface area contributed by atoms with Gasteiger partial charge in [0.15, 0.2) is 11.5 Å². The monoisotopic (exact) mass is 457 g/mol. The molecule has 2 aromatic heterocycles. The number of hydrogen-bond acceptors (Lipinski definition) is 5. The van der Waals surface area contributed by atoms with E-state index < -0.39 is 0 Å². The minimum atomic E-state index is -0.355. The third kappa shape index (κ3) is 3.92. The molecule has 0 unspecified atom stereocenters. The third-order valence-corrected chi connectivity index (χ3v) is 6.59. The summed E-state index contributed by atoms with van der Waals surface area (Å²) < 4.78 is 26.7. The molecule has 34 heavy (non-hydrogen) atoms. The second-order valence-electron chi connectivity index (χ2n) is 8.80. The van der Waals surface area contributed by atoms with Crippen LogP contribution in [0.5, 0.6) is 11.5 Å². The van der Waals surface area contributed by atoms with Gasteiger partial charge in [-0.25, -0.2) is 4.39 Å². The second-order valence-corrected chi connectivity index (χ2v) is 8.80. The standard InChI is InChI=1S/C27H24FN3O3/c28-20-5-1-17-4-8-27(32)31(24(17)13-20)23-7-3-18-11-21(6-2-19(18)12-23)29-15-22-14-25-26(16-30-22)34-10-9-33-25/h1,3-5,7-8,12-14,16,21,29H,2,6,9-11,15H2/t21-/m0/s1. The first-order chi connectivity index (χ1) is 16.6. The predicted molar refractivity (Wildman–Crippen MR) is 127 cm³/mol. The maximum Gasteiger partial charge on any atom is 0.255 e. The Bertz CT molecular complexity index is 1450. The van der Waals surface area contributed by atoms with E-state index in [2.05, 4.69) is 22.4 Å². The predicted octanol–water partition coefficient (Wildman–Crippen LogP) is 3.94. The Labute approximate surface area is 196 Å². The Morgan fingerprint density at radius 2 is 1.85 bits per heavy atom. The number of pyridine rings is 2. The molecular formula is C27H24FN3O3. The van der Waals surface area contributed by atoms with Crippen LogP contribution in [0, 0.1) is 5.82 Å². The molecule has 0 fully saturated rings. The van der Waals surface area contributed by atoms with Crippen molar-refractivity contribution < 1.29 is 13.9 Å². The third-order valence-electron chi connectivity index (χ3n) is 6.59. The van der Waals surface area contributed by atoms with Crippen molar-refractivity contribution in [2.75, 3.05) is 13.2 Å². The lowest BCUT2D eigenvalue weighted by Crippen LogP contribution is -2.34. The molecule has 0 amide bonds. The summed E-state index contributed by atoms with van der Waals surface area (Å²) in [5.41, 5.74) is 4.60. The smallest absolute Gasteiger partial charge is 0.255 e. The van der Waals surface area contributed by atoms with Gasteiger partial charge in [0.1, 0.15) is 19.0 Å². The van der Waals surface area contributed by atoms with Crippen molar-refractivity contribution in [3.63, 3.8) is 0 Å². The summed E-state index contributed by atoms with van der Waals surface area (Å²) in [4.78, 5) is 17.2. The highest BCUT2D eigenvalue weighted by Gasteiger charge is 2.20. The van der Waals surface area contributed by atoms with Crippen molar-refractivity contribution in [2.45, 2.75) is 31.8 Å². The molecule has 0 saturated carbocycles. The molecule has 0 saturated heterocycles. The number of ether oxygens (including phenoxy) is 2. The van der Waals surface area contributed by atoms with Crippen LogP contribution >= 0.6 is 0 Å². The summed E-state index contributed by atoms with van der Waals surface area (Å²) in [6, 6.07) is 16.2. The molecular weight excluding hydrogens is 433 g/mol. The van der Waals surface area contributed by atoms with Gasteiger partial charge in [0.05, 0.1) is 17.4 Å². The summed E-state index contributed by atoms with van der Waals surface area (Å²) in [6.07, 6.45) is 4.52. The minimum absolute atomic E-state index is 0.166. The minimum Gasteiger partial charge on any atom is -0.486 e. The van der Waals surface area contributed by atoms with E-state index in [1.54, 1.807) is 22.9 Å². The lowest BCUT2D eigenvalue weighted by molar-refractivity contribution is 0.170. The van der Waals surface area contributed by atoms with Crippen molar-refractivity contribution >= 4 is 10.9 Å². The SMILES string of the molecule is O=c1ccc2ccc(F)cc2n1-c1ccc2c(c1)CC[C@H](NCc1cc3c(cn1)OCCO3)C2. The molecule has 172 valence electrons. The lowest BCUT2D eigenvalue weighted by Gasteiger charge is -2.26. The highest BCUT2D eigenvalue weighted by atomic mass is 19.1. The molecule has 0 spiro atoms. The number of nitrogens with one attached hydrogen (secondary N) is 1. The van der Waals surface area contributed by atoms with E-state index in [9.17, 15) is 9.18 Å². The molecule has 0 radical (unpaired) electrons. The van der Waals surface area contributed by atoms with Gasteiger partial charge in [-0.2, -0.15) is 0 Å². The Morgan fingerprint density at radius 1 is 1.00 bits per heavy atom. The van der Waals surface area contributed by atoms with Gasteiger partial charge in [0, 0.05) is 30.4 Å². The highest BCUT2D eigenvalue weighted by Crippen LogP contribution is 2.30. The molecule has 2 aromatic carbocycles. The molecule has 3 heterocycles. The normalized spacial score (nSPS) is 16.9. The molecule has 1 aliphatic heterocycles. The summed E-state index contributed by atoms with van der Waals surface area (Å²) in [5.74, 6) is 1.10. The van der Waals surface area contributed by atoms with Crippen LogP contribution in [0.2, 0.25) is 0 Å². The van der Waals surface area contributed by atoms with E-state index in [-0.39, 0.29) is 11.4 Å². The van der Waals surface area contributed by atoms with Crippen LogP contribution in [0.15, 0.2) is 65.6 Å². The van der Waals surface area contributed by atoms with Gasteiger partial charge >= 0.3 is 0 Å². The van der Waals surface area contributed by atoms with Gasteiger partial charge < -0.3 is 14.8 Å². The second kappa shape index (κ2) is 8.57. The zero-order valence-corrected chi connectivity index (χ0v) is 18.6. The van der Waals surface area contributed by atoms with Gasteiger partial charge in [-0.15, -0.1) is 0 Å². The van der Waals surface area contributed by atoms with Crippen LogP contribution in [-0.2, 0) is 19.4 Å². The Balaban J connectivity index is 1.20. The van der Waals surface area contributed by atoms with Crippen molar-refractivity contribution in [1.82, 2.24) is 14.9 Å². The summed E-state index contributed by atoms with van der Waals surface area (Å²) in [5, 5.41) is 4.45. The van der Waals surface area contributed by atoms with Crippen LogP contribution in [-0.4, -0.2) is 28.8 Å². The average molecular weight is 458 g/mol. The van der Waals surface area contributed by atoms with E-state index in [0.29, 0.717) is 37.1 Å². The van der Waals surface area contributed by atoms with Crippen LogP contribution in [0.25, 0.3) is 16.6 Å².